The fraction of sp³-hybridized carbons (Fsp3) is 0.469. The number of nitrogens with zero attached hydrogens (tertiary/aromatic N) is 2. The number of aryl methyl sites for hydroxylation is 1. The molecule has 0 atom stereocenters. The van der Waals surface area contributed by atoms with Gasteiger partial charge in [0.25, 0.3) is 5.91 Å². The number of para-hydroxylation sites is 1. The fourth-order valence-electron chi connectivity index (χ4n) is 3.68. The fourth-order valence-corrected chi connectivity index (χ4v) is 3.68. The lowest BCUT2D eigenvalue weighted by molar-refractivity contribution is 0.100. The highest BCUT2D eigenvalue weighted by atomic mass is 16.1. The third-order valence-corrected chi connectivity index (χ3v) is 5.25. The second-order valence-corrected chi connectivity index (χ2v) is 8.29. The molecule has 204 valence electrons. The number of rotatable bonds is 6. The van der Waals surface area contributed by atoms with E-state index < -0.39 is 5.91 Å². The highest BCUT2D eigenvalue weighted by Crippen LogP contribution is 2.32. The number of aromatic amines is 1. The number of benzene rings is 2. The second-order valence-electron chi connectivity index (χ2n) is 8.29. The molecule has 0 aliphatic carbocycles. The molecule has 0 bridgehead atoms. The van der Waals surface area contributed by atoms with Gasteiger partial charge in [-0.3, -0.25) is 9.78 Å². The number of carbonyl (C=O) groups excluding carboxylic acids is 1. The maximum absolute atomic E-state index is 11.7. The van der Waals surface area contributed by atoms with Gasteiger partial charge in [-0.05, 0) is 30.7 Å². The number of nitrogens with two attached hydrogens (primary N) is 1. The van der Waals surface area contributed by atoms with Crippen molar-refractivity contribution < 1.29 is 4.79 Å². The molecule has 37 heavy (non-hydrogen) atoms. The van der Waals surface area contributed by atoms with Gasteiger partial charge in [0.1, 0.15) is 0 Å². The Morgan fingerprint density at radius 2 is 1.49 bits per heavy atom. The Kier molecular flexibility index (Phi) is 18.2. The molecular weight excluding hydrogens is 456 g/mol. The van der Waals surface area contributed by atoms with Crippen LogP contribution in [0.5, 0.6) is 0 Å². The minimum Gasteiger partial charge on any atom is -0.366 e. The summed E-state index contributed by atoms with van der Waals surface area (Å²) in [5, 5.41) is 1.06. The SMILES string of the molecule is CC.CC.CCC.CCCCCCC.Cc1cc(-c2cnc3ccccc3c2)c2nc[nH]c2c1C(N)=O. The van der Waals surface area contributed by atoms with Gasteiger partial charge >= 0.3 is 0 Å². The summed E-state index contributed by atoms with van der Waals surface area (Å²) in [6, 6.07) is 12.0. The summed E-state index contributed by atoms with van der Waals surface area (Å²) in [6.07, 6.45) is 11.7. The Morgan fingerprint density at radius 3 is 2.05 bits per heavy atom. The van der Waals surface area contributed by atoms with E-state index in [4.69, 9.17) is 5.73 Å². The molecule has 0 fully saturated rings. The molecule has 4 rings (SSSR count). The van der Waals surface area contributed by atoms with Crippen molar-refractivity contribution in [1.29, 1.82) is 0 Å². The van der Waals surface area contributed by atoms with Gasteiger partial charge in [-0.25, -0.2) is 4.98 Å². The predicted molar refractivity (Wildman–Crippen MR) is 163 cm³/mol. The number of H-pyrrole nitrogens is 1. The highest BCUT2D eigenvalue weighted by Gasteiger charge is 2.17. The van der Waals surface area contributed by atoms with Crippen LogP contribution in [-0.2, 0) is 0 Å². The molecule has 2 heterocycles. The van der Waals surface area contributed by atoms with Gasteiger partial charge in [0.15, 0.2) is 0 Å². The zero-order valence-electron chi connectivity index (χ0n) is 24.7. The first kappa shape index (κ1) is 33.8. The average molecular weight is 507 g/mol. The number of aromatic nitrogens is 3. The summed E-state index contributed by atoms with van der Waals surface area (Å²) < 4.78 is 0. The summed E-state index contributed by atoms with van der Waals surface area (Å²) in [4.78, 5) is 23.6. The Hall–Kier alpha value is -3.21. The maximum Gasteiger partial charge on any atom is 0.251 e. The zero-order chi connectivity index (χ0) is 28.2. The molecule has 5 heteroatoms. The number of nitrogens with one attached hydrogen (secondary N) is 1. The minimum atomic E-state index is -0.458. The molecule has 0 saturated heterocycles. The standard InChI is InChI=1S/C18H14N4O.C7H16.C3H8.2C2H6/c1-10-6-13(16-17(22-9-21-16)15(10)18(19)23)12-7-11-4-2-3-5-14(11)20-8-12;1-3-5-7-6-4-2;1-3-2;2*1-2/h2-9H,1H3,(H2,19,23)(H,21,22);3-7H2,1-2H3;3H2,1-2H3;2*1-2H3. The zero-order valence-corrected chi connectivity index (χ0v) is 24.7. The van der Waals surface area contributed by atoms with Crippen LogP contribution in [0.4, 0.5) is 0 Å². The average Bonchev–Trinajstić information content (AvgIpc) is 3.40. The molecule has 0 radical (unpaired) electrons. The number of unbranched alkanes of at least 4 members (excludes halogenated alkanes) is 4. The van der Waals surface area contributed by atoms with Crippen LogP contribution in [0.25, 0.3) is 33.1 Å². The van der Waals surface area contributed by atoms with Gasteiger partial charge in [-0.15, -0.1) is 0 Å². The molecular formula is C32H50N4O. The number of hydrogen-bond donors (Lipinski definition) is 2. The van der Waals surface area contributed by atoms with Crippen molar-refractivity contribution in [3.8, 4) is 11.1 Å². The molecule has 4 aromatic rings. The summed E-state index contributed by atoms with van der Waals surface area (Å²) in [7, 11) is 0. The van der Waals surface area contributed by atoms with Crippen molar-refractivity contribution in [3.63, 3.8) is 0 Å². The first-order chi connectivity index (χ1) is 18.0. The summed E-state index contributed by atoms with van der Waals surface area (Å²) in [5.74, 6) is -0.458. The topological polar surface area (TPSA) is 84.7 Å². The van der Waals surface area contributed by atoms with Crippen LogP contribution >= 0.6 is 0 Å². The van der Waals surface area contributed by atoms with Crippen molar-refractivity contribution in [3.05, 3.63) is 60.0 Å². The third-order valence-electron chi connectivity index (χ3n) is 5.25. The summed E-state index contributed by atoms with van der Waals surface area (Å²) >= 11 is 0. The van der Waals surface area contributed by atoms with Crippen LogP contribution in [0.15, 0.2) is 48.9 Å². The molecule has 5 nitrogen and oxygen atoms in total. The van der Waals surface area contributed by atoms with Gasteiger partial charge in [0.05, 0.1) is 28.4 Å². The van der Waals surface area contributed by atoms with E-state index in [9.17, 15) is 4.79 Å². The van der Waals surface area contributed by atoms with Crippen LogP contribution in [-0.4, -0.2) is 20.9 Å². The molecule has 0 spiro atoms. The van der Waals surface area contributed by atoms with Gasteiger partial charge in [-0.1, -0.05) is 112 Å². The van der Waals surface area contributed by atoms with Crippen LogP contribution in [0.2, 0.25) is 0 Å². The normalized spacial score (nSPS) is 9.54. The largest absolute Gasteiger partial charge is 0.366 e. The van der Waals surface area contributed by atoms with E-state index in [2.05, 4.69) is 48.7 Å². The van der Waals surface area contributed by atoms with Crippen molar-refractivity contribution in [1.82, 2.24) is 15.0 Å². The molecule has 0 aliphatic rings. The van der Waals surface area contributed by atoms with Crippen molar-refractivity contribution in [2.24, 2.45) is 5.73 Å². The van der Waals surface area contributed by atoms with Gasteiger partial charge in [-0.2, -0.15) is 0 Å². The molecule has 2 aromatic heterocycles. The molecule has 3 N–H and O–H groups in total. The number of fused-ring (bicyclic) bond motifs is 2. The molecule has 2 aromatic carbocycles. The third kappa shape index (κ3) is 10.4. The molecule has 0 unspecified atom stereocenters. The van der Waals surface area contributed by atoms with Crippen LogP contribution in [0.1, 0.15) is 110 Å². The second kappa shape index (κ2) is 19.9. The minimum absolute atomic E-state index is 0.458. The Bertz CT molecular complexity index is 1160. The first-order valence-corrected chi connectivity index (χ1v) is 14.1. The van der Waals surface area contributed by atoms with Gasteiger partial charge in [0, 0.05) is 22.7 Å². The highest BCUT2D eigenvalue weighted by molar-refractivity contribution is 6.09. The van der Waals surface area contributed by atoms with E-state index >= 15 is 0 Å². The molecule has 0 saturated carbocycles. The van der Waals surface area contributed by atoms with Crippen molar-refractivity contribution in [2.45, 2.75) is 101 Å². The van der Waals surface area contributed by atoms with Crippen LogP contribution in [0.3, 0.4) is 0 Å². The van der Waals surface area contributed by atoms with E-state index in [1.54, 1.807) is 6.33 Å². The van der Waals surface area contributed by atoms with E-state index in [1.165, 1.54) is 38.5 Å². The molecule has 1 amide bonds. The van der Waals surface area contributed by atoms with Gasteiger partial charge < -0.3 is 10.7 Å². The van der Waals surface area contributed by atoms with E-state index in [0.717, 1.165) is 33.1 Å². The monoisotopic (exact) mass is 506 g/mol. The number of primary amides is 1. The Balaban J connectivity index is 0.000000782. The molecule has 0 aliphatic heterocycles. The number of hydrogen-bond acceptors (Lipinski definition) is 3. The van der Waals surface area contributed by atoms with E-state index in [1.807, 2.05) is 71.1 Å². The Labute approximate surface area is 225 Å². The van der Waals surface area contributed by atoms with Gasteiger partial charge in [0.2, 0.25) is 0 Å². The van der Waals surface area contributed by atoms with Crippen LogP contribution < -0.4 is 5.73 Å². The van der Waals surface area contributed by atoms with E-state index in [0.29, 0.717) is 11.1 Å². The Morgan fingerprint density at radius 1 is 0.892 bits per heavy atom. The number of imidazole rings is 1. The van der Waals surface area contributed by atoms with E-state index in [-0.39, 0.29) is 0 Å². The lowest BCUT2D eigenvalue weighted by Crippen LogP contribution is -2.13. The summed E-state index contributed by atoms with van der Waals surface area (Å²) in [5.41, 5.74) is 11.0. The quantitative estimate of drug-likeness (QED) is 0.255. The van der Waals surface area contributed by atoms with Crippen molar-refractivity contribution >= 4 is 27.8 Å². The number of pyridine rings is 1. The number of amides is 1. The smallest absolute Gasteiger partial charge is 0.251 e. The lowest BCUT2D eigenvalue weighted by atomic mass is 9.97. The summed E-state index contributed by atoms with van der Waals surface area (Å²) in [6.45, 7) is 18.6. The number of carbonyl (C=O) groups is 1. The first-order valence-electron chi connectivity index (χ1n) is 14.1. The lowest BCUT2D eigenvalue weighted by Gasteiger charge is -2.09. The van der Waals surface area contributed by atoms with Crippen LogP contribution in [0, 0.1) is 6.92 Å². The van der Waals surface area contributed by atoms with Crippen molar-refractivity contribution in [2.75, 3.05) is 0 Å². The predicted octanol–water partition coefficient (Wildman–Crippen LogP) is 9.63. The maximum atomic E-state index is 11.7.